The highest BCUT2D eigenvalue weighted by Gasteiger charge is 2.43. The summed E-state index contributed by atoms with van der Waals surface area (Å²) in [5.41, 5.74) is 1.03. The molecule has 1 aliphatic carbocycles. The van der Waals surface area contributed by atoms with Gasteiger partial charge in [0.25, 0.3) is 0 Å². The molecule has 1 aliphatic rings. The topological polar surface area (TPSA) is 37.3 Å². The molecular formula is C11H10F2O2. The fraction of sp³-hybridized carbons (Fsp3) is 0.364. The SMILES string of the molecule is O=C(O)C(F)(F)c1cccc2c1CCC2. The Labute approximate surface area is 85.5 Å². The maximum atomic E-state index is 13.3. The van der Waals surface area contributed by atoms with Crippen molar-refractivity contribution in [1.29, 1.82) is 0 Å². The van der Waals surface area contributed by atoms with E-state index < -0.39 is 11.9 Å². The Morgan fingerprint density at radius 3 is 2.73 bits per heavy atom. The first-order chi connectivity index (χ1) is 7.03. The van der Waals surface area contributed by atoms with Gasteiger partial charge < -0.3 is 5.11 Å². The van der Waals surface area contributed by atoms with Crippen LogP contribution >= 0.6 is 0 Å². The molecular weight excluding hydrogens is 202 g/mol. The van der Waals surface area contributed by atoms with Crippen LogP contribution in [0.3, 0.4) is 0 Å². The van der Waals surface area contributed by atoms with Gasteiger partial charge in [0, 0.05) is 5.56 Å². The van der Waals surface area contributed by atoms with Gasteiger partial charge in [0.15, 0.2) is 0 Å². The molecule has 0 aromatic heterocycles. The molecule has 0 saturated carbocycles. The Bertz CT molecular complexity index is 413. The van der Waals surface area contributed by atoms with Crippen molar-refractivity contribution in [2.24, 2.45) is 0 Å². The van der Waals surface area contributed by atoms with Crippen molar-refractivity contribution < 1.29 is 18.7 Å². The van der Waals surface area contributed by atoms with Crippen molar-refractivity contribution in [1.82, 2.24) is 0 Å². The van der Waals surface area contributed by atoms with Gasteiger partial charge in [0.1, 0.15) is 0 Å². The van der Waals surface area contributed by atoms with Crippen molar-refractivity contribution >= 4 is 5.97 Å². The van der Waals surface area contributed by atoms with E-state index in [1.807, 2.05) is 0 Å². The van der Waals surface area contributed by atoms with Gasteiger partial charge in [0.2, 0.25) is 0 Å². The molecule has 0 fully saturated rings. The minimum absolute atomic E-state index is 0.343. The third kappa shape index (κ3) is 1.50. The first-order valence-corrected chi connectivity index (χ1v) is 4.76. The van der Waals surface area contributed by atoms with Crippen molar-refractivity contribution in [2.75, 3.05) is 0 Å². The smallest absolute Gasteiger partial charge is 0.379 e. The molecule has 1 N–H and O–H groups in total. The Balaban J connectivity index is 2.54. The Hall–Kier alpha value is -1.45. The van der Waals surface area contributed by atoms with Crippen LogP contribution in [0.4, 0.5) is 8.78 Å². The number of carboxylic acids is 1. The minimum Gasteiger partial charge on any atom is -0.477 e. The summed E-state index contributed by atoms with van der Waals surface area (Å²) in [4.78, 5) is 10.5. The number of fused-ring (bicyclic) bond motifs is 1. The number of hydrogen-bond donors (Lipinski definition) is 1. The molecule has 0 aliphatic heterocycles. The molecule has 1 aromatic rings. The van der Waals surface area contributed by atoms with E-state index in [1.54, 1.807) is 6.07 Å². The fourth-order valence-electron chi connectivity index (χ4n) is 2.03. The van der Waals surface area contributed by atoms with Gasteiger partial charge >= 0.3 is 11.9 Å². The van der Waals surface area contributed by atoms with Crippen LogP contribution in [0, 0.1) is 0 Å². The van der Waals surface area contributed by atoms with Crippen LogP contribution in [-0.4, -0.2) is 11.1 Å². The van der Waals surface area contributed by atoms with E-state index in [4.69, 9.17) is 5.11 Å². The Morgan fingerprint density at radius 1 is 1.33 bits per heavy atom. The fourth-order valence-corrected chi connectivity index (χ4v) is 2.03. The van der Waals surface area contributed by atoms with E-state index >= 15 is 0 Å². The largest absolute Gasteiger partial charge is 0.477 e. The predicted octanol–water partition coefficient (Wildman–Crippen LogP) is 2.35. The van der Waals surface area contributed by atoms with Crippen LogP contribution in [0.2, 0.25) is 0 Å². The van der Waals surface area contributed by atoms with Crippen LogP contribution in [-0.2, 0) is 23.6 Å². The van der Waals surface area contributed by atoms with E-state index in [1.165, 1.54) is 12.1 Å². The third-order valence-electron chi connectivity index (χ3n) is 2.75. The van der Waals surface area contributed by atoms with E-state index in [-0.39, 0.29) is 5.56 Å². The van der Waals surface area contributed by atoms with Crippen LogP contribution in [0.5, 0.6) is 0 Å². The summed E-state index contributed by atoms with van der Waals surface area (Å²) in [5, 5.41) is 8.48. The number of alkyl halides is 2. The van der Waals surface area contributed by atoms with Crippen LogP contribution < -0.4 is 0 Å². The van der Waals surface area contributed by atoms with E-state index in [0.29, 0.717) is 12.0 Å². The van der Waals surface area contributed by atoms with Crippen molar-refractivity contribution in [3.8, 4) is 0 Å². The molecule has 0 heterocycles. The highest BCUT2D eigenvalue weighted by molar-refractivity contribution is 5.78. The molecule has 0 spiro atoms. The van der Waals surface area contributed by atoms with E-state index in [2.05, 4.69) is 0 Å². The third-order valence-corrected chi connectivity index (χ3v) is 2.75. The van der Waals surface area contributed by atoms with Crippen LogP contribution in [0.25, 0.3) is 0 Å². The molecule has 2 nitrogen and oxygen atoms in total. The van der Waals surface area contributed by atoms with Crippen molar-refractivity contribution in [2.45, 2.75) is 25.2 Å². The maximum Gasteiger partial charge on any atom is 0.379 e. The molecule has 80 valence electrons. The number of carboxylic acid groups (broad SMARTS) is 1. The number of halogens is 2. The minimum atomic E-state index is -3.77. The summed E-state index contributed by atoms with van der Waals surface area (Å²) in [6.45, 7) is 0. The second-order valence-corrected chi connectivity index (χ2v) is 3.68. The number of hydrogen-bond acceptors (Lipinski definition) is 1. The number of benzene rings is 1. The highest BCUT2D eigenvalue weighted by Crippen LogP contribution is 2.36. The van der Waals surface area contributed by atoms with Gasteiger partial charge in [-0.25, -0.2) is 4.79 Å². The first-order valence-electron chi connectivity index (χ1n) is 4.76. The van der Waals surface area contributed by atoms with E-state index in [9.17, 15) is 13.6 Å². The van der Waals surface area contributed by atoms with Gasteiger partial charge in [-0.05, 0) is 30.4 Å². The zero-order valence-corrected chi connectivity index (χ0v) is 7.96. The Morgan fingerprint density at radius 2 is 2.07 bits per heavy atom. The molecule has 0 bridgehead atoms. The molecule has 0 saturated heterocycles. The monoisotopic (exact) mass is 212 g/mol. The molecule has 1 aromatic carbocycles. The summed E-state index contributed by atoms with van der Waals surface area (Å²) in [7, 11) is 0. The molecule has 0 radical (unpaired) electrons. The van der Waals surface area contributed by atoms with Crippen LogP contribution in [0.15, 0.2) is 18.2 Å². The van der Waals surface area contributed by atoms with Gasteiger partial charge in [-0.15, -0.1) is 0 Å². The lowest BCUT2D eigenvalue weighted by Crippen LogP contribution is -2.26. The summed E-state index contributed by atoms with van der Waals surface area (Å²) < 4.78 is 26.7. The summed E-state index contributed by atoms with van der Waals surface area (Å²) in [6.07, 6.45) is 2.13. The normalized spacial score (nSPS) is 15.1. The zero-order valence-electron chi connectivity index (χ0n) is 7.96. The maximum absolute atomic E-state index is 13.3. The number of aliphatic carboxylic acids is 1. The zero-order chi connectivity index (χ0) is 11.1. The second-order valence-electron chi connectivity index (χ2n) is 3.68. The summed E-state index contributed by atoms with van der Waals surface area (Å²) >= 11 is 0. The van der Waals surface area contributed by atoms with Crippen molar-refractivity contribution in [3.05, 3.63) is 34.9 Å². The van der Waals surface area contributed by atoms with Gasteiger partial charge in [-0.3, -0.25) is 0 Å². The quantitative estimate of drug-likeness (QED) is 0.817. The van der Waals surface area contributed by atoms with Gasteiger partial charge in [0.05, 0.1) is 0 Å². The van der Waals surface area contributed by atoms with Gasteiger partial charge in [-0.2, -0.15) is 8.78 Å². The highest BCUT2D eigenvalue weighted by atomic mass is 19.3. The first kappa shape index (κ1) is 10.1. The Kier molecular flexibility index (Phi) is 2.21. The molecule has 0 amide bonds. The molecule has 0 atom stereocenters. The second kappa shape index (κ2) is 3.29. The molecule has 15 heavy (non-hydrogen) atoms. The lowest BCUT2D eigenvalue weighted by Gasteiger charge is -2.15. The summed E-state index contributed by atoms with van der Waals surface area (Å²) in [5.74, 6) is -5.85. The number of rotatable bonds is 2. The predicted molar refractivity (Wildman–Crippen MR) is 50.0 cm³/mol. The number of carbonyl (C=O) groups is 1. The molecule has 4 heteroatoms. The average Bonchev–Trinajstić information content (AvgIpc) is 2.64. The van der Waals surface area contributed by atoms with Crippen molar-refractivity contribution in [3.63, 3.8) is 0 Å². The average molecular weight is 212 g/mol. The number of aryl methyl sites for hydroxylation is 1. The molecule has 0 unspecified atom stereocenters. The van der Waals surface area contributed by atoms with Crippen LogP contribution in [0.1, 0.15) is 23.1 Å². The lowest BCUT2D eigenvalue weighted by molar-refractivity contribution is -0.166. The lowest BCUT2D eigenvalue weighted by atomic mass is 9.98. The molecule has 2 rings (SSSR count). The standard InChI is InChI=1S/C11H10F2O2/c12-11(13,10(14)15)9-6-2-4-7-3-1-5-8(7)9/h2,4,6H,1,3,5H2,(H,14,15). The summed E-state index contributed by atoms with van der Waals surface area (Å²) in [6, 6.07) is 4.48. The van der Waals surface area contributed by atoms with Gasteiger partial charge in [-0.1, -0.05) is 18.2 Å². The van der Waals surface area contributed by atoms with E-state index in [0.717, 1.165) is 18.4 Å².